The zero-order valence-electron chi connectivity index (χ0n) is 9.95. The first kappa shape index (κ1) is 13.6. The summed E-state index contributed by atoms with van der Waals surface area (Å²) in [7, 11) is 0. The largest absolute Gasteiger partial charge is 0.321 e. The summed E-state index contributed by atoms with van der Waals surface area (Å²) in [6.45, 7) is 0. The van der Waals surface area contributed by atoms with Gasteiger partial charge in [0.25, 0.3) is 11.6 Å². The molecule has 0 aliphatic carbocycles. The first-order chi connectivity index (χ1) is 9.11. The third-order valence-electron chi connectivity index (χ3n) is 2.42. The van der Waals surface area contributed by atoms with Crippen LogP contribution in [0.5, 0.6) is 0 Å². The Morgan fingerprint density at radius 1 is 1.42 bits per heavy atom. The molecule has 98 valence electrons. The summed E-state index contributed by atoms with van der Waals surface area (Å²) in [6, 6.07) is 6.26. The second-order valence-electron chi connectivity index (χ2n) is 3.61. The van der Waals surface area contributed by atoms with Crippen LogP contribution in [0.4, 0.5) is 11.4 Å². The molecular weight excluding hydrogens is 284 g/mol. The van der Waals surface area contributed by atoms with Crippen LogP contribution in [0, 0.1) is 10.1 Å². The highest BCUT2D eigenvalue weighted by Crippen LogP contribution is 2.26. The number of hydrogen-bond donors (Lipinski definition) is 1. The van der Waals surface area contributed by atoms with Gasteiger partial charge < -0.3 is 5.32 Å². The molecule has 19 heavy (non-hydrogen) atoms. The standard InChI is InChI=1S/C12H10N2O3S2/c1-18-9-2-3-11(14(16)17)10(6-9)12(15)13-8-4-5-19-7-8/h2-7H,1H3,(H,13,15). The van der Waals surface area contributed by atoms with Crippen molar-refractivity contribution in [1.29, 1.82) is 0 Å². The summed E-state index contributed by atoms with van der Waals surface area (Å²) in [6.07, 6.45) is 1.85. The average molecular weight is 294 g/mol. The first-order valence-corrected chi connectivity index (χ1v) is 7.44. The van der Waals surface area contributed by atoms with Crippen molar-refractivity contribution in [3.63, 3.8) is 0 Å². The molecule has 0 aliphatic rings. The van der Waals surface area contributed by atoms with E-state index in [0.29, 0.717) is 5.69 Å². The molecule has 0 unspecified atom stereocenters. The zero-order valence-corrected chi connectivity index (χ0v) is 11.6. The Kier molecular flexibility index (Phi) is 4.18. The summed E-state index contributed by atoms with van der Waals surface area (Å²) < 4.78 is 0. The molecule has 5 nitrogen and oxygen atoms in total. The third kappa shape index (κ3) is 3.12. The summed E-state index contributed by atoms with van der Waals surface area (Å²) in [4.78, 5) is 23.3. The smallest absolute Gasteiger partial charge is 0.282 e. The maximum Gasteiger partial charge on any atom is 0.282 e. The second kappa shape index (κ2) is 5.85. The molecule has 0 aliphatic heterocycles. The number of carbonyl (C=O) groups excluding carboxylic acids is 1. The van der Waals surface area contributed by atoms with Crippen molar-refractivity contribution >= 4 is 40.4 Å². The quantitative estimate of drug-likeness (QED) is 0.531. The van der Waals surface area contributed by atoms with Crippen molar-refractivity contribution in [2.24, 2.45) is 0 Å². The van der Waals surface area contributed by atoms with Gasteiger partial charge in [-0.1, -0.05) is 0 Å². The van der Waals surface area contributed by atoms with Gasteiger partial charge >= 0.3 is 0 Å². The number of hydrogen-bond acceptors (Lipinski definition) is 5. The minimum absolute atomic E-state index is 0.0723. The molecule has 0 spiro atoms. The highest BCUT2D eigenvalue weighted by Gasteiger charge is 2.20. The highest BCUT2D eigenvalue weighted by atomic mass is 32.2. The maximum absolute atomic E-state index is 12.1. The van der Waals surface area contributed by atoms with Gasteiger partial charge in [-0.15, -0.1) is 11.8 Å². The van der Waals surface area contributed by atoms with Crippen LogP contribution in [0.2, 0.25) is 0 Å². The number of amides is 1. The van der Waals surface area contributed by atoms with E-state index in [9.17, 15) is 14.9 Å². The zero-order chi connectivity index (χ0) is 13.8. The normalized spacial score (nSPS) is 10.2. The molecule has 1 aromatic carbocycles. The van der Waals surface area contributed by atoms with Crippen LogP contribution in [-0.2, 0) is 0 Å². The number of thioether (sulfide) groups is 1. The first-order valence-electron chi connectivity index (χ1n) is 5.28. The predicted molar refractivity (Wildman–Crippen MR) is 77.1 cm³/mol. The Balaban J connectivity index is 2.35. The number of nitrogens with one attached hydrogen (secondary N) is 1. The molecule has 0 atom stereocenters. The van der Waals surface area contributed by atoms with E-state index in [-0.39, 0.29) is 11.3 Å². The van der Waals surface area contributed by atoms with Gasteiger partial charge in [-0.3, -0.25) is 14.9 Å². The molecule has 1 aromatic heterocycles. The van der Waals surface area contributed by atoms with E-state index in [1.54, 1.807) is 17.5 Å². The van der Waals surface area contributed by atoms with E-state index in [2.05, 4.69) is 5.32 Å². The van der Waals surface area contributed by atoms with E-state index in [1.807, 2.05) is 11.6 Å². The van der Waals surface area contributed by atoms with E-state index in [1.165, 1.54) is 35.2 Å². The fourth-order valence-electron chi connectivity index (χ4n) is 1.52. The Labute approximate surface area is 117 Å². The van der Waals surface area contributed by atoms with Crippen molar-refractivity contribution in [3.05, 3.63) is 50.7 Å². The van der Waals surface area contributed by atoms with E-state index >= 15 is 0 Å². The maximum atomic E-state index is 12.1. The Bertz CT molecular complexity index is 611. The number of anilines is 1. The number of nitrogens with zero attached hydrogens (tertiary/aromatic N) is 1. The van der Waals surface area contributed by atoms with Crippen molar-refractivity contribution in [2.45, 2.75) is 4.90 Å². The molecule has 7 heteroatoms. The SMILES string of the molecule is CSc1ccc([N+](=O)[O-])c(C(=O)Nc2ccsc2)c1. The summed E-state index contributed by atoms with van der Waals surface area (Å²) in [5.74, 6) is -0.471. The monoisotopic (exact) mass is 294 g/mol. The predicted octanol–water partition coefficient (Wildman–Crippen LogP) is 3.63. The van der Waals surface area contributed by atoms with Crippen LogP contribution in [0.3, 0.4) is 0 Å². The van der Waals surface area contributed by atoms with Gasteiger partial charge in [0.2, 0.25) is 0 Å². The van der Waals surface area contributed by atoms with Crippen LogP contribution < -0.4 is 5.32 Å². The molecule has 0 saturated carbocycles. The van der Waals surface area contributed by atoms with Gasteiger partial charge in [0.05, 0.1) is 10.6 Å². The van der Waals surface area contributed by atoms with E-state index in [0.717, 1.165) is 4.90 Å². The third-order valence-corrected chi connectivity index (χ3v) is 3.83. The average Bonchev–Trinajstić information content (AvgIpc) is 2.90. The number of nitro groups is 1. The minimum atomic E-state index is -0.549. The van der Waals surface area contributed by atoms with Crippen molar-refractivity contribution in [1.82, 2.24) is 0 Å². The van der Waals surface area contributed by atoms with Gasteiger partial charge in [0.1, 0.15) is 5.56 Å². The fraction of sp³-hybridized carbons (Fsp3) is 0.0833. The number of benzene rings is 1. The van der Waals surface area contributed by atoms with Gasteiger partial charge in [-0.05, 0) is 29.8 Å². The summed E-state index contributed by atoms with van der Waals surface area (Å²) in [5, 5.41) is 17.2. The van der Waals surface area contributed by atoms with Crippen LogP contribution in [-0.4, -0.2) is 17.1 Å². The van der Waals surface area contributed by atoms with Gasteiger partial charge in [0.15, 0.2) is 0 Å². The van der Waals surface area contributed by atoms with Gasteiger partial charge in [-0.25, -0.2) is 0 Å². The Hall–Kier alpha value is -1.86. The summed E-state index contributed by atoms with van der Waals surface area (Å²) >= 11 is 2.87. The Morgan fingerprint density at radius 3 is 2.79 bits per heavy atom. The highest BCUT2D eigenvalue weighted by molar-refractivity contribution is 7.98. The molecule has 1 N–H and O–H groups in total. The van der Waals surface area contributed by atoms with Crippen LogP contribution in [0.25, 0.3) is 0 Å². The van der Waals surface area contributed by atoms with Crippen molar-refractivity contribution in [3.8, 4) is 0 Å². The van der Waals surface area contributed by atoms with Crippen molar-refractivity contribution in [2.75, 3.05) is 11.6 Å². The molecule has 1 amide bonds. The lowest BCUT2D eigenvalue weighted by molar-refractivity contribution is -0.385. The molecule has 0 radical (unpaired) electrons. The van der Waals surface area contributed by atoms with Crippen molar-refractivity contribution < 1.29 is 9.72 Å². The topological polar surface area (TPSA) is 72.2 Å². The number of thiophene rings is 1. The van der Waals surface area contributed by atoms with Crippen LogP contribution in [0.15, 0.2) is 39.9 Å². The molecule has 0 fully saturated rings. The molecule has 1 heterocycles. The van der Waals surface area contributed by atoms with Gasteiger partial charge in [0, 0.05) is 16.3 Å². The fourth-order valence-corrected chi connectivity index (χ4v) is 2.54. The number of nitro benzene ring substituents is 1. The van der Waals surface area contributed by atoms with E-state index in [4.69, 9.17) is 0 Å². The minimum Gasteiger partial charge on any atom is -0.321 e. The number of rotatable bonds is 4. The second-order valence-corrected chi connectivity index (χ2v) is 5.27. The lowest BCUT2D eigenvalue weighted by atomic mass is 10.1. The number of carbonyl (C=O) groups is 1. The molecule has 0 bridgehead atoms. The summed E-state index contributed by atoms with van der Waals surface area (Å²) in [5.41, 5.74) is 0.521. The van der Waals surface area contributed by atoms with Crippen LogP contribution >= 0.6 is 23.1 Å². The molecule has 2 aromatic rings. The lowest BCUT2D eigenvalue weighted by Gasteiger charge is -2.05. The molecule has 2 rings (SSSR count). The lowest BCUT2D eigenvalue weighted by Crippen LogP contribution is -2.13. The van der Waals surface area contributed by atoms with E-state index < -0.39 is 10.8 Å². The Morgan fingerprint density at radius 2 is 2.21 bits per heavy atom. The molecule has 0 saturated heterocycles. The molecular formula is C12H10N2O3S2. The van der Waals surface area contributed by atoms with Crippen LogP contribution in [0.1, 0.15) is 10.4 Å². The van der Waals surface area contributed by atoms with Gasteiger partial charge in [-0.2, -0.15) is 11.3 Å².